The molecule has 1 aliphatic heterocycles. The van der Waals surface area contributed by atoms with Crippen LogP contribution in [0.5, 0.6) is 0 Å². The summed E-state index contributed by atoms with van der Waals surface area (Å²) in [5, 5.41) is 0. The summed E-state index contributed by atoms with van der Waals surface area (Å²) in [6.45, 7) is 5.61. The second-order valence-electron chi connectivity index (χ2n) is 4.52. The van der Waals surface area contributed by atoms with Crippen molar-refractivity contribution >= 4 is 11.7 Å². The Morgan fingerprint density at radius 2 is 2.15 bits per heavy atom. The summed E-state index contributed by atoms with van der Waals surface area (Å²) in [6.07, 6.45) is 1.19. The van der Waals surface area contributed by atoms with E-state index in [-0.39, 0.29) is 23.1 Å². The van der Waals surface area contributed by atoms with Crippen LogP contribution in [-0.2, 0) is 9.59 Å². The van der Waals surface area contributed by atoms with Crippen LogP contribution in [0.3, 0.4) is 0 Å². The molecule has 1 saturated heterocycles. The maximum Gasteiger partial charge on any atom is 0.226 e. The summed E-state index contributed by atoms with van der Waals surface area (Å²) in [7, 11) is 1.81. The first kappa shape index (κ1) is 10.2. The van der Waals surface area contributed by atoms with Gasteiger partial charge in [-0.1, -0.05) is 0 Å². The predicted molar refractivity (Wildman–Crippen MR) is 50.3 cm³/mol. The first-order valence-corrected chi connectivity index (χ1v) is 4.61. The van der Waals surface area contributed by atoms with Crippen molar-refractivity contribution in [3.05, 3.63) is 0 Å². The Hall–Kier alpha value is -0.860. The summed E-state index contributed by atoms with van der Waals surface area (Å²) < 4.78 is 0. The number of rotatable bonds is 2. The van der Waals surface area contributed by atoms with Crippen molar-refractivity contribution in [1.82, 2.24) is 4.90 Å². The molecule has 0 spiro atoms. The number of nitrogens with zero attached hydrogens (tertiary/aromatic N) is 1. The minimum Gasteiger partial charge on any atom is -0.340 e. The van der Waals surface area contributed by atoms with Crippen LogP contribution >= 0.6 is 0 Å². The molecule has 0 aliphatic carbocycles. The standard InChI is InChI=1S/C10H17NO2/c1-7(12)5-8-6-10(2,3)11(4)9(8)13/h8H,5-6H2,1-4H3. The second-order valence-corrected chi connectivity index (χ2v) is 4.52. The zero-order valence-electron chi connectivity index (χ0n) is 8.76. The Balaban J connectivity index is 2.72. The average molecular weight is 183 g/mol. The molecule has 1 unspecified atom stereocenters. The number of ketones is 1. The molecule has 0 saturated carbocycles. The van der Waals surface area contributed by atoms with E-state index in [1.807, 2.05) is 20.9 Å². The van der Waals surface area contributed by atoms with Gasteiger partial charge in [-0.3, -0.25) is 4.79 Å². The zero-order valence-corrected chi connectivity index (χ0v) is 8.76. The maximum atomic E-state index is 11.6. The third-order valence-corrected chi connectivity index (χ3v) is 2.87. The van der Waals surface area contributed by atoms with Crippen LogP contribution in [0, 0.1) is 5.92 Å². The van der Waals surface area contributed by atoms with Gasteiger partial charge >= 0.3 is 0 Å². The normalized spacial score (nSPS) is 26.6. The first-order valence-electron chi connectivity index (χ1n) is 4.61. The van der Waals surface area contributed by atoms with Crippen LogP contribution < -0.4 is 0 Å². The van der Waals surface area contributed by atoms with Crippen LogP contribution in [0.2, 0.25) is 0 Å². The van der Waals surface area contributed by atoms with E-state index in [1.54, 1.807) is 11.8 Å². The lowest BCUT2D eigenvalue weighted by Gasteiger charge is -2.27. The van der Waals surface area contributed by atoms with Crippen molar-refractivity contribution in [2.24, 2.45) is 5.92 Å². The van der Waals surface area contributed by atoms with E-state index in [1.165, 1.54) is 0 Å². The molecule has 0 aromatic heterocycles. The second kappa shape index (κ2) is 3.13. The Bertz CT molecular complexity index is 245. The average Bonchev–Trinajstić information content (AvgIpc) is 2.13. The van der Waals surface area contributed by atoms with Crippen molar-refractivity contribution in [3.8, 4) is 0 Å². The van der Waals surface area contributed by atoms with Gasteiger partial charge in [0.2, 0.25) is 5.91 Å². The van der Waals surface area contributed by atoms with E-state index in [4.69, 9.17) is 0 Å². The molecular weight excluding hydrogens is 166 g/mol. The van der Waals surface area contributed by atoms with E-state index >= 15 is 0 Å². The number of likely N-dealkylation sites (tertiary alicyclic amines) is 1. The monoisotopic (exact) mass is 183 g/mol. The molecule has 0 radical (unpaired) electrons. The summed E-state index contributed by atoms with van der Waals surface area (Å²) >= 11 is 0. The van der Waals surface area contributed by atoms with Gasteiger partial charge in [0.15, 0.2) is 0 Å². The van der Waals surface area contributed by atoms with E-state index < -0.39 is 0 Å². The number of Topliss-reactive ketones (excluding diaryl/α,β-unsaturated/α-hetero) is 1. The molecule has 3 heteroatoms. The van der Waals surface area contributed by atoms with Gasteiger partial charge in [0.05, 0.1) is 0 Å². The van der Waals surface area contributed by atoms with Crippen LogP contribution in [0.25, 0.3) is 0 Å². The lowest BCUT2D eigenvalue weighted by Crippen LogP contribution is -2.37. The zero-order chi connectivity index (χ0) is 10.2. The number of hydrogen-bond acceptors (Lipinski definition) is 2. The van der Waals surface area contributed by atoms with Crippen LogP contribution in [0.1, 0.15) is 33.6 Å². The molecule has 0 bridgehead atoms. The molecule has 1 rings (SSSR count). The molecule has 1 fully saturated rings. The molecule has 1 amide bonds. The molecule has 13 heavy (non-hydrogen) atoms. The molecule has 1 heterocycles. The Labute approximate surface area is 79.1 Å². The van der Waals surface area contributed by atoms with Crippen LogP contribution in [0.4, 0.5) is 0 Å². The highest BCUT2D eigenvalue weighted by Gasteiger charge is 2.42. The highest BCUT2D eigenvalue weighted by Crippen LogP contribution is 2.33. The van der Waals surface area contributed by atoms with Crippen LogP contribution in [0.15, 0.2) is 0 Å². The minimum atomic E-state index is -0.0861. The summed E-state index contributed by atoms with van der Waals surface area (Å²) in [4.78, 5) is 24.3. The fourth-order valence-corrected chi connectivity index (χ4v) is 1.91. The smallest absolute Gasteiger partial charge is 0.226 e. The molecular formula is C10H17NO2. The highest BCUT2D eigenvalue weighted by molar-refractivity contribution is 5.87. The lowest BCUT2D eigenvalue weighted by atomic mass is 9.93. The molecule has 1 aliphatic rings. The quantitative estimate of drug-likeness (QED) is 0.645. The van der Waals surface area contributed by atoms with E-state index in [0.29, 0.717) is 6.42 Å². The highest BCUT2D eigenvalue weighted by atomic mass is 16.2. The minimum absolute atomic E-state index is 0.0856. The first-order chi connectivity index (χ1) is 5.84. The SMILES string of the molecule is CC(=O)CC1CC(C)(C)N(C)C1=O. The number of carbonyl (C=O) groups is 2. The largest absolute Gasteiger partial charge is 0.340 e. The molecule has 0 N–H and O–H groups in total. The number of hydrogen-bond donors (Lipinski definition) is 0. The van der Waals surface area contributed by atoms with Gasteiger partial charge in [0.1, 0.15) is 5.78 Å². The Morgan fingerprint density at radius 1 is 1.62 bits per heavy atom. The molecule has 0 aromatic carbocycles. The van der Waals surface area contributed by atoms with E-state index in [2.05, 4.69) is 0 Å². The fourth-order valence-electron chi connectivity index (χ4n) is 1.91. The van der Waals surface area contributed by atoms with Gasteiger partial charge in [-0.25, -0.2) is 0 Å². The molecule has 3 nitrogen and oxygen atoms in total. The van der Waals surface area contributed by atoms with E-state index in [9.17, 15) is 9.59 Å². The van der Waals surface area contributed by atoms with Crippen LogP contribution in [-0.4, -0.2) is 29.2 Å². The molecule has 1 atom stereocenters. The van der Waals surface area contributed by atoms with Gasteiger partial charge in [-0.2, -0.15) is 0 Å². The predicted octanol–water partition coefficient (Wildman–Crippen LogP) is 1.22. The van der Waals surface area contributed by atoms with Gasteiger partial charge in [0, 0.05) is 24.9 Å². The third kappa shape index (κ3) is 1.90. The van der Waals surface area contributed by atoms with Crippen molar-refractivity contribution in [2.45, 2.75) is 39.2 Å². The van der Waals surface area contributed by atoms with Gasteiger partial charge in [-0.15, -0.1) is 0 Å². The van der Waals surface area contributed by atoms with Crippen molar-refractivity contribution in [3.63, 3.8) is 0 Å². The van der Waals surface area contributed by atoms with Crippen molar-refractivity contribution < 1.29 is 9.59 Å². The Kier molecular flexibility index (Phi) is 2.46. The van der Waals surface area contributed by atoms with Gasteiger partial charge in [0.25, 0.3) is 0 Å². The van der Waals surface area contributed by atoms with Crippen molar-refractivity contribution in [2.75, 3.05) is 7.05 Å². The van der Waals surface area contributed by atoms with Crippen molar-refractivity contribution in [1.29, 1.82) is 0 Å². The lowest BCUT2D eigenvalue weighted by molar-refractivity contribution is -0.133. The fraction of sp³-hybridized carbons (Fsp3) is 0.800. The van der Waals surface area contributed by atoms with E-state index in [0.717, 1.165) is 6.42 Å². The summed E-state index contributed by atoms with van der Waals surface area (Å²) in [6, 6.07) is 0. The number of carbonyl (C=O) groups excluding carboxylic acids is 2. The number of amides is 1. The molecule has 0 aromatic rings. The Morgan fingerprint density at radius 3 is 2.46 bits per heavy atom. The summed E-state index contributed by atoms with van der Waals surface area (Å²) in [5.74, 6) is 0.127. The third-order valence-electron chi connectivity index (χ3n) is 2.87. The molecule has 74 valence electrons. The summed E-state index contributed by atoms with van der Waals surface area (Å²) in [5.41, 5.74) is -0.0861. The maximum absolute atomic E-state index is 11.6. The van der Waals surface area contributed by atoms with Gasteiger partial charge in [-0.05, 0) is 27.2 Å². The topological polar surface area (TPSA) is 37.4 Å². The van der Waals surface area contributed by atoms with Gasteiger partial charge < -0.3 is 9.69 Å².